The zero-order chi connectivity index (χ0) is 24.1. The van der Waals surface area contributed by atoms with E-state index < -0.39 is 0 Å². The molecule has 0 spiro atoms. The number of rotatable bonds is 7. The molecule has 1 aliphatic rings. The Labute approximate surface area is 200 Å². The Kier molecular flexibility index (Phi) is 7.43. The Morgan fingerprint density at radius 2 is 2.00 bits per heavy atom. The van der Waals surface area contributed by atoms with Gasteiger partial charge in [-0.1, -0.05) is 19.1 Å². The van der Waals surface area contributed by atoms with Gasteiger partial charge in [0.2, 0.25) is 0 Å². The lowest BCUT2D eigenvalue weighted by Crippen LogP contribution is -2.21. The monoisotopic (exact) mass is 460 g/mol. The normalized spacial score (nSPS) is 17.9. The van der Waals surface area contributed by atoms with Crippen LogP contribution in [-0.2, 0) is 0 Å². The van der Waals surface area contributed by atoms with Crippen LogP contribution < -0.4 is 15.8 Å². The van der Waals surface area contributed by atoms with Crippen LogP contribution in [-0.4, -0.2) is 33.7 Å². The minimum absolute atomic E-state index is 0.175. The van der Waals surface area contributed by atoms with Crippen molar-refractivity contribution in [3.05, 3.63) is 65.6 Å². The van der Waals surface area contributed by atoms with Crippen LogP contribution in [0.4, 0.5) is 11.4 Å². The summed E-state index contributed by atoms with van der Waals surface area (Å²) in [6.07, 6.45) is 7.36. The van der Waals surface area contributed by atoms with E-state index in [0.717, 1.165) is 54.5 Å². The summed E-state index contributed by atoms with van der Waals surface area (Å²) in [6.45, 7) is 4.63. The molecular formula is C27H32N4O3. The summed E-state index contributed by atoms with van der Waals surface area (Å²) in [6, 6.07) is 11.4. The molecule has 7 nitrogen and oxygen atoms in total. The van der Waals surface area contributed by atoms with Gasteiger partial charge in [0, 0.05) is 11.8 Å². The number of benzene rings is 1. The number of anilines is 2. The number of hydrogen-bond acceptors (Lipinski definition) is 6. The number of carbonyl (C=O) groups excluding carboxylic acids is 1. The summed E-state index contributed by atoms with van der Waals surface area (Å²) in [7, 11) is 0. The number of hydrogen-bond donors (Lipinski definition) is 3. The standard InChI is InChI=1S/C27H32N4O3/c1-3-13-34-21-6-4-5-19(15-21)25-17(2)14-23(28)26(31-25)27(33)30-24-16-29-12-11-22(24)18-7-9-20(32)10-8-18/h4-6,11-12,14-16,18,20,32H,3,7-10,13,28H2,1-2H3,(H,30,33)/t18-,20+. The highest BCUT2D eigenvalue weighted by atomic mass is 16.5. The fourth-order valence-electron chi connectivity index (χ4n) is 4.50. The highest BCUT2D eigenvalue weighted by Crippen LogP contribution is 2.36. The minimum atomic E-state index is -0.373. The van der Waals surface area contributed by atoms with E-state index in [0.29, 0.717) is 23.7 Å². The summed E-state index contributed by atoms with van der Waals surface area (Å²) in [5.41, 5.74) is 10.8. The highest BCUT2D eigenvalue weighted by Gasteiger charge is 2.24. The third-order valence-corrected chi connectivity index (χ3v) is 6.28. The predicted molar refractivity (Wildman–Crippen MR) is 134 cm³/mol. The van der Waals surface area contributed by atoms with Crippen LogP contribution in [0.15, 0.2) is 48.8 Å². The molecule has 1 fully saturated rings. The molecule has 0 unspecified atom stereocenters. The maximum absolute atomic E-state index is 13.3. The number of carbonyl (C=O) groups is 1. The Morgan fingerprint density at radius 1 is 1.21 bits per heavy atom. The van der Waals surface area contributed by atoms with Gasteiger partial charge in [-0.15, -0.1) is 0 Å². The van der Waals surface area contributed by atoms with E-state index in [1.54, 1.807) is 18.5 Å². The Hall–Kier alpha value is -3.45. The Bertz CT molecular complexity index is 1160. The van der Waals surface area contributed by atoms with Gasteiger partial charge in [-0.25, -0.2) is 4.98 Å². The van der Waals surface area contributed by atoms with Crippen molar-refractivity contribution in [2.75, 3.05) is 17.7 Å². The molecule has 0 radical (unpaired) electrons. The number of aliphatic hydroxyl groups excluding tert-OH is 1. The fourth-order valence-corrected chi connectivity index (χ4v) is 4.50. The van der Waals surface area contributed by atoms with Gasteiger partial charge < -0.3 is 20.9 Å². The summed E-state index contributed by atoms with van der Waals surface area (Å²) in [5.74, 6) is 0.662. The summed E-state index contributed by atoms with van der Waals surface area (Å²) < 4.78 is 5.76. The van der Waals surface area contributed by atoms with Gasteiger partial charge in [0.25, 0.3) is 5.91 Å². The molecule has 1 saturated carbocycles. The van der Waals surface area contributed by atoms with Crippen molar-refractivity contribution < 1.29 is 14.6 Å². The zero-order valence-corrected chi connectivity index (χ0v) is 19.8. The number of ether oxygens (including phenoxy) is 1. The summed E-state index contributed by atoms with van der Waals surface area (Å²) >= 11 is 0. The van der Waals surface area contributed by atoms with Gasteiger partial charge in [-0.05, 0) is 80.3 Å². The number of nitrogens with two attached hydrogens (primary N) is 1. The predicted octanol–water partition coefficient (Wildman–Crippen LogP) is 5.09. The maximum atomic E-state index is 13.3. The quantitative estimate of drug-likeness (QED) is 0.453. The van der Waals surface area contributed by atoms with E-state index >= 15 is 0 Å². The molecule has 34 heavy (non-hydrogen) atoms. The molecule has 0 atom stereocenters. The first kappa shape index (κ1) is 23.7. The van der Waals surface area contributed by atoms with Crippen molar-refractivity contribution in [2.45, 2.75) is 58.0 Å². The van der Waals surface area contributed by atoms with Crippen molar-refractivity contribution in [3.63, 3.8) is 0 Å². The van der Waals surface area contributed by atoms with Crippen LogP contribution >= 0.6 is 0 Å². The molecule has 1 aliphatic carbocycles. The molecule has 2 heterocycles. The first-order chi connectivity index (χ1) is 16.5. The van der Waals surface area contributed by atoms with Crippen LogP contribution in [0.25, 0.3) is 11.3 Å². The molecule has 0 aliphatic heterocycles. The zero-order valence-electron chi connectivity index (χ0n) is 19.8. The Balaban J connectivity index is 1.61. The smallest absolute Gasteiger partial charge is 0.276 e. The number of aryl methyl sites for hydroxylation is 1. The lowest BCUT2D eigenvalue weighted by molar-refractivity contribution is 0.102. The summed E-state index contributed by atoms with van der Waals surface area (Å²) in [5, 5.41) is 12.8. The van der Waals surface area contributed by atoms with E-state index in [9.17, 15) is 9.90 Å². The van der Waals surface area contributed by atoms with Crippen molar-refractivity contribution in [1.29, 1.82) is 0 Å². The number of nitrogens with one attached hydrogen (secondary N) is 1. The van der Waals surface area contributed by atoms with Gasteiger partial charge in [0.05, 0.1) is 36.0 Å². The second-order valence-corrected chi connectivity index (χ2v) is 8.89. The van der Waals surface area contributed by atoms with E-state index in [-0.39, 0.29) is 23.6 Å². The highest BCUT2D eigenvalue weighted by molar-refractivity contribution is 6.07. The van der Waals surface area contributed by atoms with Crippen LogP contribution in [0, 0.1) is 6.92 Å². The number of aromatic nitrogens is 2. The third-order valence-electron chi connectivity index (χ3n) is 6.28. The van der Waals surface area contributed by atoms with Gasteiger partial charge in [0.1, 0.15) is 5.75 Å². The molecule has 7 heteroatoms. The molecular weight excluding hydrogens is 428 g/mol. The number of aliphatic hydroxyl groups is 1. The third kappa shape index (κ3) is 5.37. The number of pyridine rings is 2. The van der Waals surface area contributed by atoms with Crippen LogP contribution in [0.2, 0.25) is 0 Å². The van der Waals surface area contributed by atoms with E-state index in [1.807, 2.05) is 37.3 Å². The number of nitrogen functional groups attached to an aromatic ring is 1. The average Bonchev–Trinajstić information content (AvgIpc) is 2.84. The van der Waals surface area contributed by atoms with Gasteiger partial charge in [-0.2, -0.15) is 0 Å². The van der Waals surface area contributed by atoms with Gasteiger partial charge in [-0.3, -0.25) is 9.78 Å². The Morgan fingerprint density at radius 3 is 2.76 bits per heavy atom. The molecule has 4 N–H and O–H groups in total. The molecule has 3 aromatic rings. The molecule has 1 amide bonds. The number of amides is 1. The first-order valence-electron chi connectivity index (χ1n) is 11.9. The van der Waals surface area contributed by atoms with Crippen molar-refractivity contribution in [3.8, 4) is 17.0 Å². The number of nitrogens with zero attached hydrogens (tertiary/aromatic N) is 2. The largest absolute Gasteiger partial charge is 0.494 e. The minimum Gasteiger partial charge on any atom is -0.494 e. The lowest BCUT2D eigenvalue weighted by atomic mass is 9.82. The van der Waals surface area contributed by atoms with Crippen LogP contribution in [0.1, 0.15) is 66.6 Å². The molecule has 1 aromatic carbocycles. The second kappa shape index (κ2) is 10.7. The van der Waals surface area contributed by atoms with Gasteiger partial charge >= 0.3 is 0 Å². The van der Waals surface area contributed by atoms with E-state index in [2.05, 4.69) is 22.2 Å². The topological polar surface area (TPSA) is 110 Å². The summed E-state index contributed by atoms with van der Waals surface area (Å²) in [4.78, 5) is 22.2. The molecule has 178 valence electrons. The fraction of sp³-hybridized carbons (Fsp3) is 0.370. The molecule has 2 aromatic heterocycles. The van der Waals surface area contributed by atoms with E-state index in [4.69, 9.17) is 10.5 Å². The van der Waals surface area contributed by atoms with Crippen molar-refractivity contribution in [1.82, 2.24) is 9.97 Å². The van der Waals surface area contributed by atoms with Gasteiger partial charge in [0.15, 0.2) is 5.69 Å². The SMILES string of the molecule is CCCOc1cccc(-c2nc(C(=O)Nc3cnccc3[C@H]3CC[C@@H](O)CC3)c(N)cc2C)c1. The molecule has 0 bridgehead atoms. The van der Waals surface area contributed by atoms with Crippen LogP contribution in [0.5, 0.6) is 5.75 Å². The first-order valence-corrected chi connectivity index (χ1v) is 11.9. The van der Waals surface area contributed by atoms with Crippen LogP contribution in [0.3, 0.4) is 0 Å². The van der Waals surface area contributed by atoms with E-state index in [1.165, 1.54) is 0 Å². The average molecular weight is 461 g/mol. The second-order valence-electron chi connectivity index (χ2n) is 8.89. The molecule has 4 rings (SSSR count). The van der Waals surface area contributed by atoms with Crippen molar-refractivity contribution >= 4 is 17.3 Å². The van der Waals surface area contributed by atoms with Crippen molar-refractivity contribution in [2.24, 2.45) is 0 Å². The molecule has 0 saturated heterocycles. The lowest BCUT2D eigenvalue weighted by Gasteiger charge is -2.27. The maximum Gasteiger partial charge on any atom is 0.276 e.